The normalized spacial score (nSPS) is 11.8. The van der Waals surface area contributed by atoms with Gasteiger partial charge in [-0.05, 0) is 62.7 Å². The van der Waals surface area contributed by atoms with Crippen molar-refractivity contribution in [3.8, 4) is 44.9 Å². The van der Waals surface area contributed by atoms with Gasteiger partial charge in [0.1, 0.15) is 11.2 Å². The average Bonchev–Trinajstić information content (AvgIpc) is 3.53. The zero-order chi connectivity index (χ0) is 30.9. The number of para-hydroxylation sites is 1. The van der Waals surface area contributed by atoms with Gasteiger partial charge in [0.15, 0.2) is 5.82 Å². The van der Waals surface area contributed by atoms with E-state index in [0.717, 1.165) is 71.6 Å². The summed E-state index contributed by atoms with van der Waals surface area (Å²) in [6.07, 6.45) is 0. The molecule has 0 fully saturated rings. The number of fused-ring (bicyclic) bond motifs is 4. The summed E-state index contributed by atoms with van der Waals surface area (Å²) in [4.78, 5) is 10.5. The molecule has 0 aliphatic carbocycles. The number of nitrogens with zero attached hydrogens (tertiary/aromatic N) is 2. The fraction of sp³-hybridized carbons (Fsp3) is 0. The molecule has 8 aromatic carbocycles. The van der Waals surface area contributed by atoms with E-state index < -0.39 is 0 Å². The first-order chi connectivity index (χ1) is 23.3. The van der Waals surface area contributed by atoms with E-state index in [9.17, 15) is 0 Å². The molecule has 0 aliphatic heterocycles. The van der Waals surface area contributed by atoms with Crippen LogP contribution in [0.25, 0.3) is 99.3 Å². The van der Waals surface area contributed by atoms with Crippen molar-refractivity contribution in [2.45, 2.75) is 0 Å². The maximum Gasteiger partial charge on any atom is 0.161 e. The largest absolute Gasteiger partial charge is 0.456 e. The molecule has 0 spiro atoms. The van der Waals surface area contributed by atoms with Gasteiger partial charge in [0.2, 0.25) is 0 Å². The Morgan fingerprint density at radius 1 is 0.362 bits per heavy atom. The van der Waals surface area contributed by atoms with Crippen LogP contribution in [0.4, 0.5) is 0 Å². The molecule has 47 heavy (non-hydrogen) atoms. The predicted molar refractivity (Wildman–Crippen MR) is 195 cm³/mol. The standard InChI is InChI=1S/C44H26N2O/c1-3-11-27(12-4-1)29-21-23-30(24-22-29)43-33-15-7-8-19-37(33)45-44(46-43)35-18-9-16-32-36-25-31(28-13-5-2-6-14-28)26-39-42(36)41-34(40(32)35)17-10-20-38(41)47-39/h1-26H. The molecule has 3 nitrogen and oxygen atoms in total. The fourth-order valence-electron chi connectivity index (χ4n) is 7.29. The summed E-state index contributed by atoms with van der Waals surface area (Å²) in [7, 11) is 0. The maximum atomic E-state index is 6.54. The Labute approximate surface area is 270 Å². The monoisotopic (exact) mass is 598 g/mol. The molecule has 0 amide bonds. The average molecular weight is 599 g/mol. The minimum Gasteiger partial charge on any atom is -0.456 e. The van der Waals surface area contributed by atoms with E-state index >= 15 is 0 Å². The first kappa shape index (κ1) is 26.0. The van der Waals surface area contributed by atoms with Crippen LogP contribution in [-0.2, 0) is 0 Å². The molecular formula is C44H26N2O. The summed E-state index contributed by atoms with van der Waals surface area (Å²) in [6, 6.07) is 55.4. The van der Waals surface area contributed by atoms with Gasteiger partial charge in [0, 0.05) is 32.7 Å². The molecule has 10 rings (SSSR count). The quantitative estimate of drug-likeness (QED) is 0.189. The minimum atomic E-state index is 0.710. The minimum absolute atomic E-state index is 0.710. The van der Waals surface area contributed by atoms with Crippen LogP contribution >= 0.6 is 0 Å². The van der Waals surface area contributed by atoms with Gasteiger partial charge in [0.25, 0.3) is 0 Å². The first-order valence-corrected chi connectivity index (χ1v) is 15.9. The molecular weight excluding hydrogens is 572 g/mol. The van der Waals surface area contributed by atoms with Gasteiger partial charge < -0.3 is 4.42 Å². The third kappa shape index (κ3) is 4.00. The lowest BCUT2D eigenvalue weighted by molar-refractivity contribution is 0.669. The topological polar surface area (TPSA) is 38.9 Å². The highest BCUT2D eigenvalue weighted by atomic mass is 16.3. The van der Waals surface area contributed by atoms with E-state index in [-0.39, 0.29) is 0 Å². The lowest BCUT2D eigenvalue weighted by atomic mass is 9.89. The van der Waals surface area contributed by atoms with E-state index in [1.54, 1.807) is 0 Å². The highest BCUT2D eigenvalue weighted by molar-refractivity contribution is 6.35. The SMILES string of the molecule is c1ccc(-c2ccc(-c3nc(-c4cccc5c6cc(-c7ccccc7)cc7oc8cccc(c45)c8c76)nc4ccccc34)cc2)cc1. The van der Waals surface area contributed by atoms with Crippen molar-refractivity contribution in [2.24, 2.45) is 0 Å². The molecule has 2 aromatic heterocycles. The van der Waals surface area contributed by atoms with E-state index in [1.807, 2.05) is 12.1 Å². The smallest absolute Gasteiger partial charge is 0.161 e. The van der Waals surface area contributed by atoms with Crippen LogP contribution in [0.5, 0.6) is 0 Å². The van der Waals surface area contributed by atoms with Gasteiger partial charge in [-0.15, -0.1) is 0 Å². The molecule has 2 heterocycles. The Hall–Kier alpha value is -6.32. The number of furan rings is 1. The number of hydrogen-bond donors (Lipinski definition) is 0. The zero-order valence-electron chi connectivity index (χ0n) is 25.3. The predicted octanol–water partition coefficient (Wildman–Crippen LogP) is 11.9. The Morgan fingerprint density at radius 2 is 0.979 bits per heavy atom. The molecule has 0 aliphatic rings. The van der Waals surface area contributed by atoms with Crippen LogP contribution in [0.1, 0.15) is 0 Å². The molecule has 0 atom stereocenters. The molecule has 10 aromatic rings. The summed E-state index contributed by atoms with van der Waals surface area (Å²) < 4.78 is 6.54. The zero-order valence-corrected chi connectivity index (χ0v) is 25.3. The molecule has 0 N–H and O–H groups in total. The number of aromatic nitrogens is 2. The van der Waals surface area contributed by atoms with Crippen LogP contribution in [0, 0.1) is 0 Å². The highest BCUT2D eigenvalue weighted by Crippen LogP contribution is 2.46. The second-order valence-corrected chi connectivity index (χ2v) is 12.1. The van der Waals surface area contributed by atoms with Crippen molar-refractivity contribution in [3.63, 3.8) is 0 Å². The van der Waals surface area contributed by atoms with Crippen molar-refractivity contribution in [1.29, 1.82) is 0 Å². The van der Waals surface area contributed by atoms with Crippen LogP contribution in [0.3, 0.4) is 0 Å². The molecule has 3 heteroatoms. The number of hydrogen-bond acceptors (Lipinski definition) is 3. The lowest BCUT2D eigenvalue weighted by Gasteiger charge is -2.15. The van der Waals surface area contributed by atoms with Gasteiger partial charge in [-0.25, -0.2) is 9.97 Å². The van der Waals surface area contributed by atoms with Gasteiger partial charge in [-0.1, -0.05) is 133 Å². The molecule has 0 saturated heterocycles. The molecule has 218 valence electrons. The molecule has 0 unspecified atom stereocenters. The van der Waals surface area contributed by atoms with Gasteiger partial charge >= 0.3 is 0 Å². The summed E-state index contributed by atoms with van der Waals surface area (Å²) in [5.41, 5.74) is 10.4. The lowest BCUT2D eigenvalue weighted by Crippen LogP contribution is -1.96. The van der Waals surface area contributed by atoms with Gasteiger partial charge in [-0.2, -0.15) is 0 Å². The van der Waals surface area contributed by atoms with Gasteiger partial charge in [-0.3, -0.25) is 0 Å². The van der Waals surface area contributed by atoms with Crippen LogP contribution < -0.4 is 0 Å². The van der Waals surface area contributed by atoms with Crippen LogP contribution in [0.15, 0.2) is 162 Å². The van der Waals surface area contributed by atoms with Crippen molar-refractivity contribution in [2.75, 3.05) is 0 Å². The first-order valence-electron chi connectivity index (χ1n) is 15.9. The Balaban J connectivity index is 1.25. The van der Waals surface area contributed by atoms with Crippen LogP contribution in [-0.4, -0.2) is 9.97 Å². The third-order valence-corrected chi connectivity index (χ3v) is 9.44. The summed E-state index contributed by atoms with van der Waals surface area (Å²) in [6.45, 7) is 0. The van der Waals surface area contributed by atoms with Crippen molar-refractivity contribution in [3.05, 3.63) is 158 Å². The van der Waals surface area contributed by atoms with Crippen molar-refractivity contribution < 1.29 is 4.42 Å². The Kier molecular flexibility index (Phi) is 5.57. The van der Waals surface area contributed by atoms with E-state index in [4.69, 9.17) is 14.4 Å². The fourth-order valence-corrected chi connectivity index (χ4v) is 7.29. The van der Waals surface area contributed by atoms with Crippen molar-refractivity contribution >= 4 is 54.4 Å². The summed E-state index contributed by atoms with van der Waals surface area (Å²) >= 11 is 0. The van der Waals surface area contributed by atoms with Crippen molar-refractivity contribution in [1.82, 2.24) is 9.97 Å². The Morgan fingerprint density at radius 3 is 1.79 bits per heavy atom. The maximum absolute atomic E-state index is 6.54. The van der Waals surface area contributed by atoms with Crippen LogP contribution in [0.2, 0.25) is 0 Å². The van der Waals surface area contributed by atoms with E-state index in [0.29, 0.717) is 5.82 Å². The second-order valence-electron chi connectivity index (χ2n) is 12.1. The number of rotatable bonds is 4. The highest BCUT2D eigenvalue weighted by Gasteiger charge is 2.22. The molecule has 0 saturated carbocycles. The number of benzene rings is 8. The van der Waals surface area contributed by atoms with Gasteiger partial charge in [0.05, 0.1) is 11.2 Å². The van der Waals surface area contributed by atoms with E-state index in [2.05, 4.69) is 146 Å². The molecule has 0 radical (unpaired) electrons. The Bertz CT molecular complexity index is 2760. The summed E-state index contributed by atoms with van der Waals surface area (Å²) in [5.74, 6) is 0.710. The third-order valence-electron chi connectivity index (χ3n) is 9.44. The summed E-state index contributed by atoms with van der Waals surface area (Å²) in [5, 5.41) is 7.97. The molecule has 0 bridgehead atoms. The second kappa shape index (κ2) is 10.1. The van der Waals surface area contributed by atoms with E-state index in [1.165, 1.54) is 21.9 Å².